The van der Waals surface area contributed by atoms with Crippen molar-refractivity contribution in [1.82, 2.24) is 9.97 Å². The Labute approximate surface area is 126 Å². The van der Waals surface area contributed by atoms with Gasteiger partial charge in [0.05, 0.1) is 4.92 Å². The van der Waals surface area contributed by atoms with Gasteiger partial charge in [0.1, 0.15) is 16.9 Å². The van der Waals surface area contributed by atoms with Gasteiger partial charge in [-0.3, -0.25) is 15.4 Å². The van der Waals surface area contributed by atoms with E-state index in [9.17, 15) is 14.5 Å². The van der Waals surface area contributed by atoms with Gasteiger partial charge in [0.15, 0.2) is 11.2 Å². The first-order valence-corrected chi connectivity index (χ1v) is 6.46. The molecule has 1 N–H and O–H groups in total. The van der Waals surface area contributed by atoms with Gasteiger partial charge in [-0.2, -0.15) is 9.97 Å². The minimum atomic E-state index is -0.517. The zero-order valence-corrected chi connectivity index (χ0v) is 11.3. The van der Waals surface area contributed by atoms with E-state index in [1.165, 1.54) is 36.4 Å². The van der Waals surface area contributed by atoms with Gasteiger partial charge < -0.3 is 8.83 Å². The maximum absolute atomic E-state index is 13.1. The number of hydrogen-bond donors (Lipinski definition) is 1. The Hall–Kier alpha value is -3.49. The molecule has 4 rings (SSSR count). The summed E-state index contributed by atoms with van der Waals surface area (Å²) in [5, 5.41) is 13.4. The first-order valence-electron chi connectivity index (χ1n) is 6.46. The fourth-order valence-electron chi connectivity index (χ4n) is 2.13. The monoisotopic (exact) mass is 314 g/mol. The summed E-state index contributed by atoms with van der Waals surface area (Å²) in [6.07, 6.45) is 0. The molecule has 4 aromatic rings. The number of non-ortho nitro benzene ring substituents is 1. The molecule has 9 heteroatoms. The van der Waals surface area contributed by atoms with Gasteiger partial charge in [-0.1, -0.05) is 0 Å². The normalized spacial score (nSPS) is 11.2. The summed E-state index contributed by atoms with van der Waals surface area (Å²) < 4.78 is 23.9. The minimum absolute atomic E-state index is 0.0625. The van der Waals surface area contributed by atoms with Crippen LogP contribution in [-0.2, 0) is 0 Å². The maximum atomic E-state index is 13.1. The molecule has 2 aromatic carbocycles. The molecule has 0 aliphatic carbocycles. The lowest BCUT2D eigenvalue weighted by molar-refractivity contribution is -0.384. The number of halogens is 1. The van der Waals surface area contributed by atoms with Crippen molar-refractivity contribution in [2.45, 2.75) is 0 Å². The zero-order chi connectivity index (χ0) is 16.0. The summed E-state index contributed by atoms with van der Waals surface area (Å²) >= 11 is 0. The average molecular weight is 314 g/mol. The molecular formula is C14H7FN4O4. The van der Waals surface area contributed by atoms with Crippen molar-refractivity contribution in [3.63, 3.8) is 0 Å². The van der Waals surface area contributed by atoms with Crippen LogP contribution in [0.4, 0.5) is 22.1 Å². The average Bonchev–Trinajstić information content (AvgIpc) is 3.08. The molecule has 2 aromatic heterocycles. The van der Waals surface area contributed by atoms with Crippen LogP contribution >= 0.6 is 0 Å². The maximum Gasteiger partial charge on any atom is 0.303 e. The second-order valence-electron chi connectivity index (χ2n) is 4.68. The van der Waals surface area contributed by atoms with Crippen molar-refractivity contribution in [2.24, 2.45) is 0 Å². The first-order chi connectivity index (χ1) is 11.1. The van der Waals surface area contributed by atoms with E-state index in [0.717, 1.165) is 0 Å². The largest absolute Gasteiger partial charge is 0.423 e. The number of nitro benzene ring substituents is 1. The van der Waals surface area contributed by atoms with Crippen molar-refractivity contribution < 1.29 is 18.1 Å². The number of nitrogens with zero attached hydrogens (tertiary/aromatic N) is 3. The van der Waals surface area contributed by atoms with Crippen LogP contribution in [0.5, 0.6) is 0 Å². The van der Waals surface area contributed by atoms with Crippen LogP contribution in [0.15, 0.2) is 45.2 Å². The third kappa shape index (κ3) is 2.33. The van der Waals surface area contributed by atoms with E-state index >= 15 is 0 Å². The number of nitrogens with one attached hydrogen (secondary N) is 1. The lowest BCUT2D eigenvalue weighted by Gasteiger charge is -1.91. The highest BCUT2D eigenvalue weighted by Crippen LogP contribution is 2.26. The summed E-state index contributed by atoms with van der Waals surface area (Å²) in [7, 11) is 0. The van der Waals surface area contributed by atoms with Gasteiger partial charge >= 0.3 is 12.0 Å². The number of rotatable bonds is 3. The van der Waals surface area contributed by atoms with Gasteiger partial charge in [0.25, 0.3) is 5.69 Å². The number of anilines is 2. The van der Waals surface area contributed by atoms with Gasteiger partial charge in [-0.15, -0.1) is 0 Å². The Bertz CT molecular complexity index is 1060. The van der Waals surface area contributed by atoms with Gasteiger partial charge in [0.2, 0.25) is 0 Å². The highest BCUT2D eigenvalue weighted by atomic mass is 19.1. The predicted octanol–water partition coefficient (Wildman–Crippen LogP) is 3.76. The molecule has 0 saturated carbocycles. The lowest BCUT2D eigenvalue weighted by atomic mass is 10.3. The summed E-state index contributed by atoms with van der Waals surface area (Å²) in [5.74, 6) is -0.425. The molecule has 0 atom stereocenters. The fourth-order valence-corrected chi connectivity index (χ4v) is 2.13. The molecule has 2 heterocycles. The van der Waals surface area contributed by atoms with E-state index in [4.69, 9.17) is 8.83 Å². The molecule has 0 amide bonds. The Morgan fingerprint density at radius 1 is 1.00 bits per heavy atom. The highest BCUT2D eigenvalue weighted by Gasteiger charge is 2.14. The lowest BCUT2D eigenvalue weighted by Crippen LogP contribution is -1.89. The van der Waals surface area contributed by atoms with E-state index in [1.807, 2.05) is 0 Å². The fraction of sp³-hybridized carbons (Fsp3) is 0. The smallest absolute Gasteiger partial charge is 0.303 e. The molecule has 0 radical (unpaired) electrons. The molecule has 0 bridgehead atoms. The van der Waals surface area contributed by atoms with E-state index in [-0.39, 0.29) is 17.7 Å². The number of hydrogen-bond acceptors (Lipinski definition) is 7. The molecule has 8 nitrogen and oxygen atoms in total. The quantitative estimate of drug-likeness (QED) is 0.453. The van der Waals surface area contributed by atoms with Gasteiger partial charge in [-0.25, -0.2) is 4.39 Å². The zero-order valence-electron chi connectivity index (χ0n) is 11.3. The highest BCUT2D eigenvalue weighted by molar-refractivity contribution is 5.78. The molecule has 0 fully saturated rings. The van der Waals surface area contributed by atoms with Crippen LogP contribution in [0.2, 0.25) is 0 Å². The molecule has 0 saturated heterocycles. The number of nitro groups is 1. The standard InChI is InChI=1S/C14H7FN4O4/c15-7-1-3-11-9(5-7)16-13(22-11)18-14-17-10-6-8(19(20)21)2-4-12(10)23-14/h1-6H,(H,16,17,18). The van der Waals surface area contributed by atoms with E-state index in [1.54, 1.807) is 0 Å². The van der Waals surface area contributed by atoms with Crippen molar-refractivity contribution in [1.29, 1.82) is 0 Å². The van der Waals surface area contributed by atoms with Crippen LogP contribution < -0.4 is 5.32 Å². The molecule has 0 spiro atoms. The number of aromatic nitrogens is 2. The Balaban J connectivity index is 1.69. The summed E-state index contributed by atoms with van der Waals surface area (Å²) in [5.41, 5.74) is 1.36. The molecule has 0 unspecified atom stereocenters. The van der Waals surface area contributed by atoms with E-state index in [2.05, 4.69) is 15.3 Å². The van der Waals surface area contributed by atoms with Crippen molar-refractivity contribution in [3.05, 3.63) is 52.3 Å². The topological polar surface area (TPSA) is 107 Å². The van der Waals surface area contributed by atoms with Crippen LogP contribution in [0.25, 0.3) is 22.2 Å². The summed E-state index contributed by atoms with van der Waals surface area (Å²) in [4.78, 5) is 18.4. The second-order valence-corrected chi connectivity index (χ2v) is 4.68. The summed E-state index contributed by atoms with van der Waals surface area (Å²) in [6, 6.07) is 8.16. The second kappa shape index (κ2) is 4.77. The van der Waals surface area contributed by atoms with Crippen LogP contribution in [-0.4, -0.2) is 14.9 Å². The van der Waals surface area contributed by atoms with E-state index < -0.39 is 10.7 Å². The molecule has 23 heavy (non-hydrogen) atoms. The van der Waals surface area contributed by atoms with Crippen molar-refractivity contribution in [3.8, 4) is 0 Å². The Morgan fingerprint density at radius 3 is 2.26 bits per heavy atom. The SMILES string of the molecule is O=[N+]([O-])c1ccc2oc(Nc3nc4cc(F)ccc4o3)nc2c1. The molecular weight excluding hydrogens is 307 g/mol. The minimum Gasteiger partial charge on any atom is -0.423 e. The molecule has 0 aliphatic rings. The predicted molar refractivity (Wildman–Crippen MR) is 77.9 cm³/mol. The summed E-state index contributed by atoms with van der Waals surface area (Å²) in [6.45, 7) is 0. The molecule has 0 aliphatic heterocycles. The van der Waals surface area contributed by atoms with Crippen LogP contribution in [0.1, 0.15) is 0 Å². The first kappa shape index (κ1) is 13.2. The van der Waals surface area contributed by atoms with Crippen molar-refractivity contribution >= 4 is 39.9 Å². The Kier molecular flexibility index (Phi) is 2.73. The van der Waals surface area contributed by atoms with Gasteiger partial charge in [-0.05, 0) is 18.2 Å². The molecule has 114 valence electrons. The van der Waals surface area contributed by atoms with Crippen LogP contribution in [0.3, 0.4) is 0 Å². The third-order valence-electron chi connectivity index (χ3n) is 3.15. The van der Waals surface area contributed by atoms with Crippen LogP contribution in [0, 0.1) is 15.9 Å². The number of fused-ring (bicyclic) bond motifs is 2. The van der Waals surface area contributed by atoms with Gasteiger partial charge in [0, 0.05) is 18.2 Å². The number of benzene rings is 2. The Morgan fingerprint density at radius 2 is 1.61 bits per heavy atom. The number of oxazole rings is 2. The van der Waals surface area contributed by atoms with Crippen molar-refractivity contribution in [2.75, 3.05) is 5.32 Å². The third-order valence-corrected chi connectivity index (χ3v) is 3.15. The van der Waals surface area contributed by atoms with E-state index in [0.29, 0.717) is 22.2 Å².